The standard InChI is InChI=1S/C4H8N2S/c1-3(5)4(2)6-7/h5,7H,1-2H3/b5-3?,6-4-. The van der Waals surface area contributed by atoms with Crippen molar-refractivity contribution in [3.05, 3.63) is 0 Å². The Kier molecular flexibility index (Phi) is 2.67. The molecule has 0 fully saturated rings. The van der Waals surface area contributed by atoms with E-state index in [-0.39, 0.29) is 0 Å². The molecule has 0 amide bonds. The molecule has 0 saturated heterocycles. The van der Waals surface area contributed by atoms with Crippen LogP contribution in [-0.2, 0) is 0 Å². The zero-order valence-corrected chi connectivity index (χ0v) is 5.29. The van der Waals surface area contributed by atoms with E-state index in [4.69, 9.17) is 5.41 Å². The zero-order valence-electron chi connectivity index (χ0n) is 4.39. The molecule has 0 radical (unpaired) electrons. The van der Waals surface area contributed by atoms with Gasteiger partial charge in [0.1, 0.15) is 0 Å². The van der Waals surface area contributed by atoms with Crippen LogP contribution in [0, 0.1) is 5.41 Å². The van der Waals surface area contributed by atoms with E-state index in [1.54, 1.807) is 13.8 Å². The van der Waals surface area contributed by atoms with Crippen molar-refractivity contribution in [2.75, 3.05) is 0 Å². The van der Waals surface area contributed by atoms with Crippen molar-refractivity contribution in [1.82, 2.24) is 0 Å². The van der Waals surface area contributed by atoms with Gasteiger partial charge in [0.2, 0.25) is 0 Å². The van der Waals surface area contributed by atoms with Crippen LogP contribution in [0.5, 0.6) is 0 Å². The normalized spacial score (nSPS) is 11.6. The fourth-order valence-corrected chi connectivity index (χ4v) is 0.225. The average Bonchev–Trinajstić information content (AvgIpc) is 1.65. The molecule has 0 atom stereocenters. The van der Waals surface area contributed by atoms with Crippen molar-refractivity contribution in [2.45, 2.75) is 13.8 Å². The first-order valence-corrected chi connectivity index (χ1v) is 2.32. The second-order valence-electron chi connectivity index (χ2n) is 1.31. The molecular formula is C4H8N2S. The van der Waals surface area contributed by atoms with Crippen LogP contribution in [0.25, 0.3) is 0 Å². The second-order valence-corrected chi connectivity index (χ2v) is 1.51. The predicted octanol–water partition coefficient (Wildman–Crippen LogP) is 1.33. The molecule has 0 aromatic rings. The largest absolute Gasteiger partial charge is 0.304 e. The monoisotopic (exact) mass is 116 g/mol. The highest BCUT2D eigenvalue weighted by Crippen LogP contribution is 1.81. The minimum atomic E-state index is 0.468. The van der Waals surface area contributed by atoms with E-state index in [1.807, 2.05) is 0 Å². The number of thiol groups is 1. The summed E-state index contributed by atoms with van der Waals surface area (Å²) in [5.74, 6) is 0. The van der Waals surface area contributed by atoms with Gasteiger partial charge in [-0.25, -0.2) is 4.40 Å². The summed E-state index contributed by atoms with van der Waals surface area (Å²) in [4.78, 5) is 0. The van der Waals surface area contributed by atoms with Crippen LogP contribution in [0.2, 0.25) is 0 Å². The SMILES string of the molecule is CC(=N)/C(C)=N\S. The molecule has 7 heavy (non-hydrogen) atoms. The molecule has 40 valence electrons. The molecule has 0 aliphatic heterocycles. The quantitative estimate of drug-likeness (QED) is 0.383. The van der Waals surface area contributed by atoms with Gasteiger partial charge in [0, 0.05) is 0 Å². The number of hydrogen-bond acceptors (Lipinski definition) is 3. The molecule has 0 heterocycles. The third kappa shape index (κ3) is 2.39. The van der Waals surface area contributed by atoms with Crippen LogP contribution in [-0.4, -0.2) is 11.4 Å². The Morgan fingerprint density at radius 3 is 2.00 bits per heavy atom. The maximum absolute atomic E-state index is 6.92. The highest BCUT2D eigenvalue weighted by Gasteiger charge is 1.87. The van der Waals surface area contributed by atoms with Crippen molar-refractivity contribution >= 4 is 24.2 Å². The van der Waals surface area contributed by atoms with Crippen LogP contribution in [0.15, 0.2) is 4.40 Å². The molecule has 0 saturated carbocycles. The van der Waals surface area contributed by atoms with Gasteiger partial charge in [-0.2, -0.15) is 0 Å². The third-order valence-electron chi connectivity index (χ3n) is 0.693. The minimum absolute atomic E-state index is 0.468. The van der Waals surface area contributed by atoms with E-state index in [1.165, 1.54) is 0 Å². The summed E-state index contributed by atoms with van der Waals surface area (Å²) in [6, 6.07) is 0. The lowest BCUT2D eigenvalue weighted by atomic mass is 10.3. The molecule has 2 nitrogen and oxygen atoms in total. The number of hydrogen-bond donors (Lipinski definition) is 2. The third-order valence-corrected chi connectivity index (χ3v) is 0.993. The molecule has 0 aromatic carbocycles. The summed E-state index contributed by atoms with van der Waals surface area (Å²) in [5, 5.41) is 6.92. The van der Waals surface area contributed by atoms with Crippen molar-refractivity contribution < 1.29 is 0 Å². The van der Waals surface area contributed by atoms with Gasteiger partial charge in [-0.05, 0) is 26.7 Å². The van der Waals surface area contributed by atoms with Gasteiger partial charge in [0.25, 0.3) is 0 Å². The van der Waals surface area contributed by atoms with E-state index in [2.05, 4.69) is 17.2 Å². The minimum Gasteiger partial charge on any atom is -0.304 e. The molecule has 0 aromatic heterocycles. The van der Waals surface area contributed by atoms with Crippen LogP contribution in [0.1, 0.15) is 13.8 Å². The van der Waals surface area contributed by atoms with Gasteiger partial charge in [-0.15, -0.1) is 0 Å². The summed E-state index contributed by atoms with van der Waals surface area (Å²) in [5.41, 5.74) is 1.14. The summed E-state index contributed by atoms with van der Waals surface area (Å²) < 4.78 is 3.47. The average molecular weight is 116 g/mol. The van der Waals surface area contributed by atoms with Crippen molar-refractivity contribution in [1.29, 1.82) is 5.41 Å². The van der Waals surface area contributed by atoms with E-state index >= 15 is 0 Å². The van der Waals surface area contributed by atoms with E-state index < -0.39 is 0 Å². The van der Waals surface area contributed by atoms with Gasteiger partial charge < -0.3 is 5.41 Å². The molecule has 1 N–H and O–H groups in total. The van der Waals surface area contributed by atoms with Crippen LogP contribution in [0.3, 0.4) is 0 Å². The summed E-state index contributed by atoms with van der Waals surface area (Å²) in [7, 11) is 0. The second kappa shape index (κ2) is 2.80. The van der Waals surface area contributed by atoms with E-state index in [0.717, 1.165) is 0 Å². The van der Waals surface area contributed by atoms with Crippen LogP contribution < -0.4 is 0 Å². The lowest BCUT2D eigenvalue weighted by Gasteiger charge is -1.87. The molecule has 0 spiro atoms. The van der Waals surface area contributed by atoms with Crippen molar-refractivity contribution in [3.63, 3.8) is 0 Å². The molecule has 0 rings (SSSR count). The Balaban J connectivity index is 3.82. The van der Waals surface area contributed by atoms with E-state index in [0.29, 0.717) is 11.4 Å². The van der Waals surface area contributed by atoms with E-state index in [9.17, 15) is 0 Å². The van der Waals surface area contributed by atoms with Crippen LogP contribution in [0.4, 0.5) is 0 Å². The Morgan fingerprint density at radius 1 is 1.57 bits per heavy atom. The first-order valence-electron chi connectivity index (χ1n) is 1.92. The van der Waals surface area contributed by atoms with Crippen molar-refractivity contribution in [2.24, 2.45) is 4.40 Å². The number of rotatable bonds is 1. The topological polar surface area (TPSA) is 36.2 Å². The molecule has 0 unspecified atom stereocenters. The lowest BCUT2D eigenvalue weighted by Crippen LogP contribution is -2.00. The number of nitrogens with one attached hydrogen (secondary N) is 1. The highest BCUT2D eigenvalue weighted by molar-refractivity contribution is 7.79. The lowest BCUT2D eigenvalue weighted by molar-refractivity contribution is 1.50. The van der Waals surface area contributed by atoms with Crippen LogP contribution >= 0.6 is 12.8 Å². The van der Waals surface area contributed by atoms with Gasteiger partial charge in [-0.1, -0.05) is 0 Å². The molecule has 0 aliphatic rings. The molecular weight excluding hydrogens is 108 g/mol. The Labute approximate surface area is 48.7 Å². The van der Waals surface area contributed by atoms with Gasteiger partial charge >= 0.3 is 0 Å². The first kappa shape index (κ1) is 6.69. The Bertz CT molecular complexity index is 106. The maximum atomic E-state index is 6.92. The highest BCUT2D eigenvalue weighted by atomic mass is 32.1. The summed E-state index contributed by atoms with van der Waals surface area (Å²) in [6.45, 7) is 3.42. The number of nitrogens with zero attached hydrogens (tertiary/aromatic N) is 1. The first-order chi connectivity index (χ1) is 3.18. The summed E-state index contributed by atoms with van der Waals surface area (Å²) in [6.07, 6.45) is 0. The fourth-order valence-electron chi connectivity index (χ4n) is 0.0750. The predicted molar refractivity (Wildman–Crippen MR) is 35.5 cm³/mol. The fraction of sp³-hybridized carbons (Fsp3) is 0.500. The van der Waals surface area contributed by atoms with Crippen molar-refractivity contribution in [3.8, 4) is 0 Å². The maximum Gasteiger partial charge on any atom is 0.0657 e. The smallest absolute Gasteiger partial charge is 0.0657 e. The Morgan fingerprint density at radius 2 is 2.00 bits per heavy atom. The molecule has 0 aliphatic carbocycles. The van der Waals surface area contributed by atoms with Gasteiger partial charge in [-0.3, -0.25) is 0 Å². The zero-order chi connectivity index (χ0) is 5.86. The van der Waals surface area contributed by atoms with Gasteiger partial charge in [0.05, 0.1) is 11.4 Å². The molecule has 3 heteroatoms. The van der Waals surface area contributed by atoms with Gasteiger partial charge in [0.15, 0.2) is 0 Å². The molecule has 0 bridgehead atoms. The Hall–Kier alpha value is -0.310. The summed E-state index contributed by atoms with van der Waals surface area (Å²) >= 11 is 3.60.